The first-order valence-corrected chi connectivity index (χ1v) is 17.1. The van der Waals surface area contributed by atoms with E-state index < -0.39 is 0 Å². The first-order chi connectivity index (χ1) is 24.3. The SMILES string of the molecule is c1ccc(-c2nc(-c3ccc(-c4ccncc4)cc3)nc(-c3ccc4c(c3)c3ccccc3c3ccc5c6ccccc6sc5c34)n2)cc1. The van der Waals surface area contributed by atoms with Crippen LogP contribution in [0, 0.1) is 0 Å². The summed E-state index contributed by atoms with van der Waals surface area (Å²) in [7, 11) is 0. The number of benzene rings is 7. The van der Waals surface area contributed by atoms with Crippen molar-refractivity contribution in [1.29, 1.82) is 0 Å². The third-order valence-electron chi connectivity index (χ3n) is 9.43. The van der Waals surface area contributed by atoms with Crippen LogP contribution in [0.2, 0.25) is 0 Å². The molecule has 0 aliphatic heterocycles. The molecule has 5 heteroatoms. The molecule has 0 atom stereocenters. The Morgan fingerprint density at radius 3 is 1.61 bits per heavy atom. The van der Waals surface area contributed by atoms with E-state index in [9.17, 15) is 0 Å². The van der Waals surface area contributed by atoms with Crippen LogP contribution in [-0.2, 0) is 0 Å². The molecule has 3 heterocycles. The standard InChI is InChI=1S/C44H26N4S/c1-2-8-29(9-3-1)42-46-43(30-16-14-27(15-17-30)28-22-24-45-25-23-28)48-44(47-42)31-18-19-36-38(26-31)33-11-5-4-10-32(33)35-20-21-37-34-12-6-7-13-39(34)49-41(37)40(35)36/h1-26H. The van der Waals surface area contributed by atoms with Crippen molar-refractivity contribution in [1.82, 2.24) is 19.9 Å². The molecule has 10 aromatic rings. The second-order valence-corrected chi connectivity index (χ2v) is 13.3. The minimum atomic E-state index is 0.639. The van der Waals surface area contributed by atoms with Crippen molar-refractivity contribution in [2.45, 2.75) is 0 Å². The van der Waals surface area contributed by atoms with E-state index in [1.54, 1.807) is 0 Å². The Morgan fingerprint density at radius 2 is 0.857 bits per heavy atom. The second-order valence-electron chi connectivity index (χ2n) is 12.3. The van der Waals surface area contributed by atoms with E-state index >= 15 is 0 Å². The van der Waals surface area contributed by atoms with Gasteiger partial charge in [0.2, 0.25) is 0 Å². The van der Waals surface area contributed by atoms with E-state index in [4.69, 9.17) is 15.0 Å². The number of hydrogen-bond acceptors (Lipinski definition) is 5. The molecule has 0 aliphatic rings. The molecule has 0 saturated heterocycles. The molecule has 228 valence electrons. The van der Waals surface area contributed by atoms with E-state index in [1.807, 2.05) is 66.2 Å². The minimum absolute atomic E-state index is 0.639. The van der Waals surface area contributed by atoms with Crippen molar-refractivity contribution in [3.8, 4) is 45.3 Å². The zero-order chi connectivity index (χ0) is 32.3. The maximum absolute atomic E-state index is 5.10. The quantitative estimate of drug-likeness (QED) is 0.179. The van der Waals surface area contributed by atoms with Gasteiger partial charge in [0.25, 0.3) is 0 Å². The van der Waals surface area contributed by atoms with Crippen LogP contribution in [0.1, 0.15) is 0 Å². The van der Waals surface area contributed by atoms with E-state index in [0.29, 0.717) is 17.5 Å². The number of pyridine rings is 1. The van der Waals surface area contributed by atoms with Crippen LogP contribution in [0.4, 0.5) is 0 Å². The lowest BCUT2D eigenvalue weighted by molar-refractivity contribution is 1.07. The topological polar surface area (TPSA) is 51.6 Å². The number of fused-ring (bicyclic) bond motifs is 10. The Balaban J connectivity index is 1.20. The highest BCUT2D eigenvalue weighted by molar-refractivity contribution is 7.26. The van der Waals surface area contributed by atoms with Gasteiger partial charge in [0.15, 0.2) is 17.5 Å². The molecule has 0 unspecified atom stereocenters. The normalized spacial score (nSPS) is 11.7. The Morgan fingerprint density at radius 1 is 0.347 bits per heavy atom. The van der Waals surface area contributed by atoms with Crippen molar-refractivity contribution in [3.63, 3.8) is 0 Å². The number of hydrogen-bond donors (Lipinski definition) is 0. The lowest BCUT2D eigenvalue weighted by Gasteiger charge is -2.13. The van der Waals surface area contributed by atoms with Crippen molar-refractivity contribution < 1.29 is 0 Å². The van der Waals surface area contributed by atoms with Crippen molar-refractivity contribution in [2.24, 2.45) is 0 Å². The van der Waals surface area contributed by atoms with Crippen LogP contribution in [-0.4, -0.2) is 19.9 Å². The third kappa shape index (κ3) is 4.59. The largest absolute Gasteiger partial charge is 0.265 e. The number of thiophene rings is 1. The molecule has 0 N–H and O–H groups in total. The summed E-state index contributed by atoms with van der Waals surface area (Å²) in [6, 6.07) is 51.3. The molecule has 4 nitrogen and oxygen atoms in total. The molecular formula is C44H26N4S. The van der Waals surface area contributed by atoms with Crippen LogP contribution in [0.15, 0.2) is 158 Å². The summed E-state index contributed by atoms with van der Waals surface area (Å²) in [5, 5.41) is 10.1. The summed E-state index contributed by atoms with van der Waals surface area (Å²) in [4.78, 5) is 19.3. The molecule has 10 rings (SSSR count). The van der Waals surface area contributed by atoms with Crippen molar-refractivity contribution >= 4 is 63.8 Å². The summed E-state index contributed by atoms with van der Waals surface area (Å²) in [6.45, 7) is 0. The zero-order valence-electron chi connectivity index (χ0n) is 26.2. The van der Waals surface area contributed by atoms with Gasteiger partial charge in [0, 0.05) is 54.6 Å². The maximum atomic E-state index is 5.10. The predicted molar refractivity (Wildman–Crippen MR) is 205 cm³/mol. The number of nitrogens with zero attached hydrogens (tertiary/aromatic N) is 4. The van der Waals surface area contributed by atoms with E-state index in [2.05, 4.69) is 108 Å². The Bertz CT molecular complexity index is 2860. The van der Waals surface area contributed by atoms with Crippen LogP contribution >= 0.6 is 11.3 Å². The number of aromatic nitrogens is 4. The molecule has 0 radical (unpaired) electrons. The molecule has 0 fully saturated rings. The van der Waals surface area contributed by atoms with E-state index in [-0.39, 0.29) is 0 Å². The Kier molecular flexibility index (Phi) is 6.32. The highest BCUT2D eigenvalue weighted by atomic mass is 32.1. The maximum Gasteiger partial charge on any atom is 0.164 e. The average Bonchev–Trinajstić information content (AvgIpc) is 3.57. The molecule has 0 amide bonds. The molecule has 49 heavy (non-hydrogen) atoms. The third-order valence-corrected chi connectivity index (χ3v) is 10.6. The summed E-state index contributed by atoms with van der Waals surface area (Å²) in [6.07, 6.45) is 3.63. The van der Waals surface area contributed by atoms with E-state index in [1.165, 1.54) is 52.5 Å². The van der Waals surface area contributed by atoms with Gasteiger partial charge in [-0.25, -0.2) is 15.0 Å². The van der Waals surface area contributed by atoms with Crippen LogP contribution in [0.5, 0.6) is 0 Å². The van der Waals surface area contributed by atoms with Gasteiger partial charge in [-0.1, -0.05) is 121 Å². The van der Waals surface area contributed by atoms with Gasteiger partial charge < -0.3 is 0 Å². The predicted octanol–water partition coefficient (Wildman–Crippen LogP) is 11.8. The summed E-state index contributed by atoms with van der Waals surface area (Å²) >= 11 is 1.88. The summed E-state index contributed by atoms with van der Waals surface area (Å²) in [5.41, 5.74) is 5.07. The number of rotatable bonds is 4. The monoisotopic (exact) mass is 642 g/mol. The molecule has 0 saturated carbocycles. The van der Waals surface area contributed by atoms with Gasteiger partial charge >= 0.3 is 0 Å². The molecule has 7 aromatic carbocycles. The molecule has 0 spiro atoms. The smallest absolute Gasteiger partial charge is 0.164 e. The zero-order valence-corrected chi connectivity index (χ0v) is 27.0. The second kappa shape index (κ2) is 11.2. The fraction of sp³-hybridized carbons (Fsp3) is 0. The molecule has 3 aromatic heterocycles. The van der Waals surface area contributed by atoms with Gasteiger partial charge in [0.05, 0.1) is 0 Å². The Labute approximate surface area is 286 Å². The molecule has 0 aliphatic carbocycles. The van der Waals surface area contributed by atoms with Gasteiger partial charge in [-0.15, -0.1) is 11.3 Å². The van der Waals surface area contributed by atoms with Gasteiger partial charge in [-0.3, -0.25) is 4.98 Å². The lowest BCUT2D eigenvalue weighted by Crippen LogP contribution is -2.00. The lowest BCUT2D eigenvalue weighted by atomic mass is 9.92. The highest BCUT2D eigenvalue weighted by Gasteiger charge is 2.17. The van der Waals surface area contributed by atoms with Crippen LogP contribution in [0.3, 0.4) is 0 Å². The molecular weight excluding hydrogens is 617 g/mol. The van der Waals surface area contributed by atoms with Crippen LogP contribution < -0.4 is 0 Å². The minimum Gasteiger partial charge on any atom is -0.265 e. The fourth-order valence-corrected chi connectivity index (χ4v) is 8.33. The first kappa shape index (κ1) is 27.8. The van der Waals surface area contributed by atoms with Crippen LogP contribution in [0.25, 0.3) is 97.8 Å². The fourth-order valence-electron chi connectivity index (χ4n) is 7.06. The highest BCUT2D eigenvalue weighted by Crippen LogP contribution is 2.44. The summed E-state index contributed by atoms with van der Waals surface area (Å²) in [5.74, 6) is 1.93. The molecule has 0 bridgehead atoms. The van der Waals surface area contributed by atoms with Gasteiger partial charge in [-0.05, 0) is 62.3 Å². The van der Waals surface area contributed by atoms with E-state index in [0.717, 1.165) is 27.8 Å². The van der Waals surface area contributed by atoms with Crippen molar-refractivity contribution in [3.05, 3.63) is 158 Å². The van der Waals surface area contributed by atoms with Crippen molar-refractivity contribution in [2.75, 3.05) is 0 Å². The summed E-state index contributed by atoms with van der Waals surface area (Å²) < 4.78 is 2.63. The first-order valence-electron chi connectivity index (χ1n) is 16.3. The van der Waals surface area contributed by atoms with Gasteiger partial charge in [-0.2, -0.15) is 0 Å². The Hall–Kier alpha value is -6.30. The average molecular weight is 643 g/mol. The van der Waals surface area contributed by atoms with Gasteiger partial charge in [0.1, 0.15) is 0 Å².